The predicted molar refractivity (Wildman–Crippen MR) is 62.1 cm³/mol. The average Bonchev–Trinajstić information content (AvgIpc) is 2.24. The third kappa shape index (κ3) is 2.66. The Labute approximate surface area is 100 Å². The summed E-state index contributed by atoms with van der Waals surface area (Å²) in [6.07, 6.45) is 0.670. The van der Waals surface area contributed by atoms with Gasteiger partial charge in [0.15, 0.2) is 9.84 Å². The van der Waals surface area contributed by atoms with E-state index in [-0.39, 0.29) is 5.25 Å². The molecule has 0 aromatic heterocycles. The normalized spacial score (nSPS) is 16.8. The summed E-state index contributed by atoms with van der Waals surface area (Å²) in [6, 6.07) is 6.82. The van der Waals surface area contributed by atoms with Crippen molar-refractivity contribution in [1.29, 1.82) is 0 Å². The summed E-state index contributed by atoms with van der Waals surface area (Å²) in [6.45, 7) is 1.01. The Balaban J connectivity index is 2.11. The summed E-state index contributed by atoms with van der Waals surface area (Å²) in [4.78, 5) is 4.82. The van der Waals surface area contributed by atoms with Gasteiger partial charge in [-0.15, -0.1) is 0 Å². The summed E-state index contributed by atoms with van der Waals surface area (Å²) in [5.41, 5.74) is 0.999. The Hall–Kier alpha value is -0.950. The average molecular weight is 257 g/mol. The monoisotopic (exact) mass is 257 g/mol. The minimum absolute atomic E-state index is 0.297. The van der Waals surface area contributed by atoms with E-state index < -0.39 is 9.84 Å². The van der Waals surface area contributed by atoms with Crippen molar-refractivity contribution in [2.45, 2.75) is 16.6 Å². The van der Waals surface area contributed by atoms with Crippen molar-refractivity contribution in [2.75, 3.05) is 19.8 Å². The van der Waals surface area contributed by atoms with Gasteiger partial charge in [0.1, 0.15) is 5.25 Å². The van der Waals surface area contributed by atoms with Crippen molar-refractivity contribution < 1.29 is 18.0 Å². The second-order valence-electron chi connectivity index (χ2n) is 3.97. The summed E-state index contributed by atoms with van der Waals surface area (Å²) in [7, 11) is -3.22. The number of sulfone groups is 1. The number of nitrogens with two attached hydrogens (primary N) is 1. The minimum Gasteiger partial charge on any atom is -0.379 e. The molecular formula is C11H15NO4S. The topological polar surface area (TPSA) is 78.6 Å². The van der Waals surface area contributed by atoms with Crippen LogP contribution >= 0.6 is 0 Å². The van der Waals surface area contributed by atoms with Crippen molar-refractivity contribution in [3.05, 3.63) is 29.8 Å². The third-order valence-electron chi connectivity index (χ3n) is 2.81. The first-order valence-corrected chi connectivity index (χ1v) is 6.91. The van der Waals surface area contributed by atoms with Gasteiger partial charge in [0.05, 0.1) is 24.7 Å². The highest BCUT2D eigenvalue weighted by molar-refractivity contribution is 7.92. The molecule has 6 heteroatoms. The van der Waals surface area contributed by atoms with Crippen molar-refractivity contribution >= 4 is 9.84 Å². The van der Waals surface area contributed by atoms with Gasteiger partial charge in [-0.1, -0.05) is 12.1 Å². The number of benzene rings is 1. The Bertz CT molecular complexity index is 465. The maximum Gasteiger partial charge on any atom is 0.185 e. The Kier molecular flexibility index (Phi) is 3.78. The molecule has 17 heavy (non-hydrogen) atoms. The summed E-state index contributed by atoms with van der Waals surface area (Å²) < 4.78 is 28.9. The molecule has 5 nitrogen and oxygen atoms in total. The van der Waals surface area contributed by atoms with Crippen LogP contribution in [0.15, 0.2) is 29.2 Å². The zero-order valence-corrected chi connectivity index (χ0v) is 10.2. The van der Waals surface area contributed by atoms with Gasteiger partial charge in [0.2, 0.25) is 0 Å². The van der Waals surface area contributed by atoms with Gasteiger partial charge in [-0.2, -0.15) is 0 Å². The van der Waals surface area contributed by atoms with Gasteiger partial charge in [-0.05, 0) is 24.1 Å². The molecule has 2 rings (SSSR count). The molecule has 1 aromatic carbocycles. The number of rotatable bonds is 5. The molecule has 0 bridgehead atoms. The van der Waals surface area contributed by atoms with Gasteiger partial charge in [-0.25, -0.2) is 14.3 Å². The van der Waals surface area contributed by atoms with E-state index in [0.717, 1.165) is 5.56 Å². The van der Waals surface area contributed by atoms with E-state index >= 15 is 0 Å². The molecule has 0 atom stereocenters. The molecule has 1 aromatic rings. The Morgan fingerprint density at radius 2 is 1.94 bits per heavy atom. The largest absolute Gasteiger partial charge is 0.379 e. The lowest BCUT2D eigenvalue weighted by atomic mass is 10.2. The molecule has 1 heterocycles. The van der Waals surface area contributed by atoms with Crippen LogP contribution in [0.25, 0.3) is 0 Å². The smallest absolute Gasteiger partial charge is 0.185 e. The van der Waals surface area contributed by atoms with Crippen LogP contribution in [0.5, 0.6) is 0 Å². The molecule has 1 aliphatic rings. The van der Waals surface area contributed by atoms with Crippen LogP contribution in [0, 0.1) is 0 Å². The van der Waals surface area contributed by atoms with Crippen LogP contribution in [0.4, 0.5) is 0 Å². The molecule has 0 radical (unpaired) electrons. The summed E-state index contributed by atoms with van der Waals surface area (Å²) >= 11 is 0. The van der Waals surface area contributed by atoms with Gasteiger partial charge >= 0.3 is 0 Å². The van der Waals surface area contributed by atoms with E-state index in [1.807, 2.05) is 0 Å². The van der Waals surface area contributed by atoms with Crippen molar-refractivity contribution in [3.8, 4) is 0 Å². The third-order valence-corrected chi connectivity index (χ3v) is 4.89. The predicted octanol–water partition coefficient (Wildman–Crippen LogP) is 0.292. The maximum atomic E-state index is 12.0. The maximum absolute atomic E-state index is 12.0. The lowest BCUT2D eigenvalue weighted by Crippen LogP contribution is -2.40. The second-order valence-corrected chi connectivity index (χ2v) is 6.20. The van der Waals surface area contributed by atoms with Crippen LogP contribution in [-0.4, -0.2) is 33.5 Å². The molecule has 0 aliphatic carbocycles. The Morgan fingerprint density at radius 1 is 1.29 bits per heavy atom. The summed E-state index contributed by atoms with van der Waals surface area (Å²) in [5.74, 6) is 4.93. The standard InChI is InChI=1S/C11H15NO4S/c12-16-6-5-9-1-3-10(4-2-9)17(13,14)11-7-15-8-11/h1-4,11H,5-8,12H2. The fraction of sp³-hybridized carbons (Fsp3) is 0.455. The van der Waals surface area contributed by atoms with E-state index in [0.29, 0.717) is 31.1 Å². The van der Waals surface area contributed by atoms with Gasteiger partial charge in [-0.3, -0.25) is 0 Å². The van der Waals surface area contributed by atoms with Crippen LogP contribution in [0.1, 0.15) is 5.56 Å². The number of ether oxygens (including phenoxy) is 1. The molecule has 1 aliphatic heterocycles. The molecule has 2 N–H and O–H groups in total. The lowest BCUT2D eigenvalue weighted by Gasteiger charge is -2.25. The highest BCUT2D eigenvalue weighted by Crippen LogP contribution is 2.21. The zero-order chi connectivity index (χ0) is 12.3. The first-order valence-electron chi connectivity index (χ1n) is 5.37. The van der Waals surface area contributed by atoms with E-state index in [4.69, 9.17) is 10.6 Å². The molecule has 1 saturated heterocycles. The molecule has 1 fully saturated rings. The minimum atomic E-state index is -3.22. The fourth-order valence-corrected chi connectivity index (χ4v) is 3.06. The SMILES string of the molecule is NOCCc1ccc(S(=O)(=O)C2COC2)cc1. The van der Waals surface area contributed by atoms with Crippen LogP contribution in [-0.2, 0) is 25.8 Å². The van der Waals surface area contributed by atoms with Gasteiger partial charge in [0, 0.05) is 0 Å². The van der Waals surface area contributed by atoms with E-state index in [1.54, 1.807) is 24.3 Å². The van der Waals surface area contributed by atoms with E-state index in [2.05, 4.69) is 4.84 Å². The lowest BCUT2D eigenvalue weighted by molar-refractivity contribution is 0.0416. The molecule has 0 saturated carbocycles. The molecule has 0 unspecified atom stereocenters. The van der Waals surface area contributed by atoms with Crippen molar-refractivity contribution in [1.82, 2.24) is 0 Å². The van der Waals surface area contributed by atoms with Crippen LogP contribution < -0.4 is 5.90 Å². The number of hydrogen-bond donors (Lipinski definition) is 1. The molecule has 0 amide bonds. The van der Waals surface area contributed by atoms with Crippen LogP contribution in [0.3, 0.4) is 0 Å². The summed E-state index contributed by atoms with van der Waals surface area (Å²) in [5, 5.41) is -0.388. The molecular weight excluding hydrogens is 242 g/mol. The first-order chi connectivity index (χ1) is 8.14. The zero-order valence-electron chi connectivity index (χ0n) is 9.33. The second kappa shape index (κ2) is 5.14. The highest BCUT2D eigenvalue weighted by Gasteiger charge is 2.33. The van der Waals surface area contributed by atoms with E-state index in [9.17, 15) is 8.42 Å². The van der Waals surface area contributed by atoms with Gasteiger partial charge in [0.25, 0.3) is 0 Å². The Morgan fingerprint density at radius 3 is 2.41 bits per heavy atom. The molecule has 0 spiro atoms. The molecule has 94 valence electrons. The first kappa shape index (κ1) is 12.5. The quantitative estimate of drug-likeness (QED) is 0.767. The highest BCUT2D eigenvalue weighted by atomic mass is 32.2. The fourth-order valence-electron chi connectivity index (χ4n) is 1.61. The van der Waals surface area contributed by atoms with Crippen molar-refractivity contribution in [3.63, 3.8) is 0 Å². The van der Waals surface area contributed by atoms with Crippen molar-refractivity contribution in [2.24, 2.45) is 5.90 Å². The van der Waals surface area contributed by atoms with Crippen LogP contribution in [0.2, 0.25) is 0 Å². The number of hydrogen-bond acceptors (Lipinski definition) is 5. The van der Waals surface area contributed by atoms with E-state index in [1.165, 1.54) is 0 Å². The van der Waals surface area contributed by atoms with Gasteiger partial charge < -0.3 is 9.57 Å².